The smallest absolute Gasteiger partial charge is 0.336 e. The SMILES string of the molecule is O=c1ccc2ccc(OCCCN3CC=CCC3c3cccs3)cc2o1. The number of benzene rings is 1. The Bertz CT molecular complexity index is 945. The Kier molecular flexibility index (Phi) is 5.18. The number of thiophene rings is 1. The van der Waals surface area contributed by atoms with Gasteiger partial charge in [-0.05, 0) is 42.5 Å². The molecule has 1 aromatic carbocycles. The summed E-state index contributed by atoms with van der Waals surface area (Å²) in [5.74, 6) is 0.736. The first-order valence-electron chi connectivity index (χ1n) is 8.89. The second-order valence-electron chi connectivity index (χ2n) is 6.39. The van der Waals surface area contributed by atoms with Crippen molar-refractivity contribution in [1.29, 1.82) is 0 Å². The fraction of sp³-hybridized carbons (Fsp3) is 0.286. The topological polar surface area (TPSA) is 42.7 Å². The van der Waals surface area contributed by atoms with Crippen molar-refractivity contribution >= 4 is 22.3 Å². The van der Waals surface area contributed by atoms with Crippen LogP contribution in [-0.2, 0) is 0 Å². The van der Waals surface area contributed by atoms with Gasteiger partial charge in [-0.3, -0.25) is 4.90 Å². The highest BCUT2D eigenvalue weighted by Crippen LogP contribution is 2.30. The summed E-state index contributed by atoms with van der Waals surface area (Å²) in [5, 5.41) is 3.04. The zero-order valence-corrected chi connectivity index (χ0v) is 15.3. The van der Waals surface area contributed by atoms with Crippen LogP contribution in [0.2, 0.25) is 0 Å². The van der Waals surface area contributed by atoms with Gasteiger partial charge in [0.15, 0.2) is 0 Å². The molecule has 0 saturated heterocycles. The van der Waals surface area contributed by atoms with Crippen molar-refractivity contribution < 1.29 is 9.15 Å². The van der Waals surface area contributed by atoms with Gasteiger partial charge in [0, 0.05) is 41.5 Å². The monoisotopic (exact) mass is 367 g/mol. The summed E-state index contributed by atoms with van der Waals surface area (Å²) < 4.78 is 11.1. The van der Waals surface area contributed by atoms with Crippen LogP contribution in [0.15, 0.2) is 69.2 Å². The summed E-state index contributed by atoms with van der Waals surface area (Å²) in [5.41, 5.74) is 0.223. The highest BCUT2D eigenvalue weighted by Gasteiger charge is 2.21. The van der Waals surface area contributed by atoms with Gasteiger partial charge in [-0.1, -0.05) is 18.2 Å². The van der Waals surface area contributed by atoms with Crippen molar-refractivity contribution in [2.75, 3.05) is 19.7 Å². The molecule has 1 aliphatic rings. The lowest BCUT2D eigenvalue weighted by Gasteiger charge is -2.32. The molecule has 0 saturated carbocycles. The zero-order chi connectivity index (χ0) is 17.8. The fourth-order valence-corrected chi connectivity index (χ4v) is 4.20. The molecule has 3 heterocycles. The molecule has 5 heteroatoms. The second-order valence-corrected chi connectivity index (χ2v) is 7.37. The Labute approximate surface area is 156 Å². The molecule has 0 fully saturated rings. The molecule has 0 bridgehead atoms. The second kappa shape index (κ2) is 7.89. The maximum absolute atomic E-state index is 11.3. The molecule has 4 nitrogen and oxygen atoms in total. The number of hydrogen-bond acceptors (Lipinski definition) is 5. The first kappa shape index (κ1) is 17.1. The van der Waals surface area contributed by atoms with E-state index in [0.29, 0.717) is 18.2 Å². The highest BCUT2D eigenvalue weighted by molar-refractivity contribution is 7.10. The minimum atomic E-state index is -0.340. The number of fused-ring (bicyclic) bond motifs is 1. The van der Waals surface area contributed by atoms with E-state index in [2.05, 4.69) is 34.6 Å². The lowest BCUT2D eigenvalue weighted by molar-refractivity contribution is 0.191. The Balaban J connectivity index is 1.33. The predicted octanol–water partition coefficient (Wildman–Crippen LogP) is 4.63. The van der Waals surface area contributed by atoms with Gasteiger partial charge in [-0.15, -0.1) is 11.3 Å². The highest BCUT2D eigenvalue weighted by atomic mass is 32.1. The lowest BCUT2D eigenvalue weighted by Crippen LogP contribution is -2.32. The number of rotatable bonds is 6. The Morgan fingerprint density at radius 3 is 3.00 bits per heavy atom. The van der Waals surface area contributed by atoms with Crippen molar-refractivity contribution in [2.45, 2.75) is 18.9 Å². The molecule has 0 spiro atoms. The van der Waals surface area contributed by atoms with Crippen LogP contribution in [0.1, 0.15) is 23.8 Å². The minimum absolute atomic E-state index is 0.340. The minimum Gasteiger partial charge on any atom is -0.493 e. The van der Waals surface area contributed by atoms with Gasteiger partial charge in [-0.2, -0.15) is 0 Å². The molecule has 1 atom stereocenters. The molecule has 134 valence electrons. The van der Waals surface area contributed by atoms with Gasteiger partial charge in [0.2, 0.25) is 0 Å². The molecular weight excluding hydrogens is 346 g/mol. The van der Waals surface area contributed by atoms with Gasteiger partial charge < -0.3 is 9.15 Å². The maximum Gasteiger partial charge on any atom is 0.336 e. The average molecular weight is 367 g/mol. The van der Waals surface area contributed by atoms with E-state index in [0.717, 1.165) is 37.1 Å². The lowest BCUT2D eigenvalue weighted by atomic mass is 10.1. The summed E-state index contributed by atoms with van der Waals surface area (Å²) in [6.45, 7) is 2.62. The van der Waals surface area contributed by atoms with Gasteiger partial charge >= 0.3 is 5.63 Å². The van der Waals surface area contributed by atoms with Crippen LogP contribution >= 0.6 is 11.3 Å². The summed E-state index contributed by atoms with van der Waals surface area (Å²) in [6, 6.07) is 13.6. The van der Waals surface area contributed by atoms with Crippen molar-refractivity contribution in [2.24, 2.45) is 0 Å². The van der Waals surface area contributed by atoms with Crippen LogP contribution in [0.25, 0.3) is 11.0 Å². The number of nitrogens with zero attached hydrogens (tertiary/aromatic N) is 1. The zero-order valence-electron chi connectivity index (χ0n) is 14.5. The van der Waals surface area contributed by atoms with E-state index in [-0.39, 0.29) is 5.63 Å². The Hall–Kier alpha value is -2.37. The maximum atomic E-state index is 11.3. The van der Waals surface area contributed by atoms with Crippen LogP contribution in [0.4, 0.5) is 0 Å². The van der Waals surface area contributed by atoms with Crippen LogP contribution in [0, 0.1) is 0 Å². The fourth-order valence-electron chi connectivity index (χ4n) is 3.32. The summed E-state index contributed by atoms with van der Waals surface area (Å²) in [4.78, 5) is 15.3. The summed E-state index contributed by atoms with van der Waals surface area (Å²) in [6.07, 6.45) is 6.55. The van der Waals surface area contributed by atoms with Gasteiger partial charge in [-0.25, -0.2) is 4.79 Å². The Morgan fingerprint density at radius 1 is 1.19 bits per heavy atom. The quantitative estimate of drug-likeness (QED) is 0.362. The first-order valence-corrected chi connectivity index (χ1v) is 9.77. The molecule has 1 aliphatic heterocycles. The van der Waals surface area contributed by atoms with E-state index < -0.39 is 0 Å². The third-order valence-electron chi connectivity index (χ3n) is 4.63. The van der Waals surface area contributed by atoms with E-state index in [1.807, 2.05) is 23.5 Å². The third-order valence-corrected chi connectivity index (χ3v) is 5.60. The summed E-state index contributed by atoms with van der Waals surface area (Å²) in [7, 11) is 0. The van der Waals surface area contributed by atoms with Crippen molar-refractivity contribution in [1.82, 2.24) is 4.90 Å². The molecule has 0 N–H and O–H groups in total. The molecule has 1 unspecified atom stereocenters. The Morgan fingerprint density at radius 2 is 2.12 bits per heavy atom. The third kappa shape index (κ3) is 3.89. The molecule has 3 aromatic rings. The van der Waals surface area contributed by atoms with E-state index in [9.17, 15) is 4.79 Å². The molecule has 26 heavy (non-hydrogen) atoms. The van der Waals surface area contributed by atoms with Gasteiger partial charge in [0.25, 0.3) is 0 Å². The summed E-state index contributed by atoms with van der Waals surface area (Å²) >= 11 is 1.83. The molecule has 0 aliphatic carbocycles. The standard InChI is InChI=1S/C21H21NO3S/c23-21-10-8-16-7-9-17(15-19(16)25-21)24-13-4-12-22-11-2-1-5-18(22)20-6-3-14-26-20/h1-3,6-10,14-15,18H,4-5,11-13H2. The van der Waals surface area contributed by atoms with E-state index in [1.165, 1.54) is 10.9 Å². The van der Waals surface area contributed by atoms with Crippen LogP contribution in [0.5, 0.6) is 5.75 Å². The van der Waals surface area contributed by atoms with Crippen LogP contribution < -0.4 is 10.4 Å². The van der Waals surface area contributed by atoms with E-state index in [4.69, 9.17) is 9.15 Å². The van der Waals surface area contributed by atoms with Crippen LogP contribution in [-0.4, -0.2) is 24.6 Å². The predicted molar refractivity (Wildman–Crippen MR) is 105 cm³/mol. The largest absolute Gasteiger partial charge is 0.493 e. The van der Waals surface area contributed by atoms with Crippen LogP contribution in [0.3, 0.4) is 0 Å². The number of ether oxygens (including phenoxy) is 1. The van der Waals surface area contributed by atoms with Gasteiger partial charge in [0.05, 0.1) is 6.61 Å². The molecule has 2 aromatic heterocycles. The van der Waals surface area contributed by atoms with Gasteiger partial charge in [0.1, 0.15) is 11.3 Å². The normalized spacial score (nSPS) is 17.6. The first-order chi connectivity index (χ1) is 12.8. The number of hydrogen-bond donors (Lipinski definition) is 0. The molecule has 0 amide bonds. The van der Waals surface area contributed by atoms with E-state index >= 15 is 0 Å². The molecule has 4 rings (SSSR count). The van der Waals surface area contributed by atoms with Crippen molar-refractivity contribution in [3.63, 3.8) is 0 Å². The van der Waals surface area contributed by atoms with E-state index in [1.54, 1.807) is 12.1 Å². The van der Waals surface area contributed by atoms with Crippen molar-refractivity contribution in [3.05, 3.63) is 75.3 Å². The molecular formula is C21H21NO3S. The average Bonchev–Trinajstić information content (AvgIpc) is 3.20. The molecule has 0 radical (unpaired) electrons. The van der Waals surface area contributed by atoms with Crippen molar-refractivity contribution in [3.8, 4) is 5.75 Å².